The average molecular weight is 269 g/mol. The lowest BCUT2D eigenvalue weighted by molar-refractivity contribution is -0.132. The lowest BCUT2D eigenvalue weighted by atomic mass is 9.82. The Morgan fingerprint density at radius 1 is 1.21 bits per heavy atom. The van der Waals surface area contributed by atoms with Crippen molar-refractivity contribution in [1.29, 1.82) is 0 Å². The Morgan fingerprint density at radius 2 is 1.89 bits per heavy atom. The quantitative estimate of drug-likeness (QED) is 0.765. The summed E-state index contributed by atoms with van der Waals surface area (Å²) in [6.07, 6.45) is 6.37. The predicted octanol–water partition coefficient (Wildman–Crippen LogP) is 1.69. The highest BCUT2D eigenvalue weighted by Gasteiger charge is 2.25. The second-order valence-corrected chi connectivity index (χ2v) is 6.04. The van der Waals surface area contributed by atoms with Crippen molar-refractivity contribution in [1.82, 2.24) is 9.80 Å². The van der Waals surface area contributed by atoms with E-state index < -0.39 is 0 Å². The Balaban J connectivity index is 2.35. The summed E-state index contributed by atoms with van der Waals surface area (Å²) in [7, 11) is 4.14. The molecule has 0 radical (unpaired) electrons. The average Bonchev–Trinajstić information content (AvgIpc) is 2.37. The first-order valence-electron chi connectivity index (χ1n) is 7.72. The summed E-state index contributed by atoms with van der Waals surface area (Å²) in [5, 5.41) is 0. The zero-order valence-electron chi connectivity index (χ0n) is 12.9. The van der Waals surface area contributed by atoms with E-state index in [0.29, 0.717) is 18.2 Å². The minimum absolute atomic E-state index is 0.234. The fourth-order valence-electron chi connectivity index (χ4n) is 2.88. The van der Waals surface area contributed by atoms with Crippen LogP contribution in [0.2, 0.25) is 0 Å². The summed E-state index contributed by atoms with van der Waals surface area (Å²) in [4.78, 5) is 16.5. The van der Waals surface area contributed by atoms with Crippen LogP contribution in [0.4, 0.5) is 0 Å². The van der Waals surface area contributed by atoms with Crippen LogP contribution in [-0.2, 0) is 4.79 Å². The first kappa shape index (κ1) is 16.4. The second-order valence-electron chi connectivity index (χ2n) is 6.04. The third-order valence-electron chi connectivity index (χ3n) is 4.17. The maximum Gasteiger partial charge on any atom is 0.222 e. The normalized spacial score (nSPS) is 23.6. The molecule has 2 N–H and O–H groups in total. The fourth-order valence-corrected chi connectivity index (χ4v) is 2.88. The zero-order valence-corrected chi connectivity index (χ0v) is 12.9. The number of hydrogen-bond donors (Lipinski definition) is 1. The van der Waals surface area contributed by atoms with Crippen molar-refractivity contribution < 1.29 is 4.79 Å². The van der Waals surface area contributed by atoms with Crippen molar-refractivity contribution in [2.45, 2.75) is 51.5 Å². The van der Waals surface area contributed by atoms with E-state index in [9.17, 15) is 4.79 Å². The minimum Gasteiger partial charge on any atom is -0.343 e. The van der Waals surface area contributed by atoms with Crippen LogP contribution in [0.15, 0.2) is 0 Å². The molecule has 1 saturated carbocycles. The van der Waals surface area contributed by atoms with Gasteiger partial charge < -0.3 is 15.5 Å². The van der Waals surface area contributed by atoms with Crippen LogP contribution < -0.4 is 5.73 Å². The van der Waals surface area contributed by atoms with E-state index in [4.69, 9.17) is 5.73 Å². The molecule has 0 heterocycles. The van der Waals surface area contributed by atoms with Gasteiger partial charge in [0.15, 0.2) is 0 Å². The number of nitrogens with two attached hydrogens (primary N) is 1. The fraction of sp³-hybridized carbons (Fsp3) is 0.933. The van der Waals surface area contributed by atoms with Gasteiger partial charge in [0.25, 0.3) is 0 Å². The molecule has 0 aromatic rings. The molecule has 0 aromatic heterocycles. The standard InChI is InChI=1S/C15H31N3O/c1-4-18(11-7-10-17(2)3)15(19)12-13-8-5-6-9-14(13)16/h13-14H,4-12,16H2,1-3H3. The van der Waals surface area contributed by atoms with Gasteiger partial charge >= 0.3 is 0 Å². The van der Waals surface area contributed by atoms with Crippen LogP contribution in [-0.4, -0.2) is 55.5 Å². The minimum atomic E-state index is 0.234. The lowest BCUT2D eigenvalue weighted by Gasteiger charge is -2.30. The highest BCUT2D eigenvalue weighted by atomic mass is 16.2. The number of carbonyl (C=O) groups is 1. The molecule has 19 heavy (non-hydrogen) atoms. The first-order valence-corrected chi connectivity index (χ1v) is 7.72. The van der Waals surface area contributed by atoms with Crippen molar-refractivity contribution in [3.63, 3.8) is 0 Å². The molecule has 2 unspecified atom stereocenters. The maximum atomic E-state index is 12.3. The molecule has 0 aliphatic heterocycles. The SMILES string of the molecule is CCN(CCCN(C)C)C(=O)CC1CCCCC1N. The summed E-state index contributed by atoms with van der Waals surface area (Å²) in [6, 6.07) is 0.234. The molecule has 1 rings (SSSR count). The summed E-state index contributed by atoms with van der Waals surface area (Å²) in [5.41, 5.74) is 6.13. The number of nitrogens with zero attached hydrogens (tertiary/aromatic N) is 2. The molecular formula is C15H31N3O. The topological polar surface area (TPSA) is 49.6 Å². The van der Waals surface area contributed by atoms with Crippen molar-refractivity contribution in [3.8, 4) is 0 Å². The number of hydrogen-bond acceptors (Lipinski definition) is 3. The third-order valence-corrected chi connectivity index (χ3v) is 4.17. The Kier molecular flexibility index (Phi) is 7.39. The van der Waals surface area contributed by atoms with Crippen LogP contribution >= 0.6 is 0 Å². The first-order chi connectivity index (χ1) is 9.04. The van der Waals surface area contributed by atoms with Crippen LogP contribution in [0.5, 0.6) is 0 Å². The molecule has 1 aliphatic rings. The Morgan fingerprint density at radius 3 is 2.47 bits per heavy atom. The third kappa shape index (κ3) is 5.91. The molecule has 0 spiro atoms. The predicted molar refractivity (Wildman–Crippen MR) is 80.0 cm³/mol. The van der Waals surface area contributed by atoms with Crippen LogP contribution in [0, 0.1) is 5.92 Å². The van der Waals surface area contributed by atoms with Crippen molar-refractivity contribution in [3.05, 3.63) is 0 Å². The van der Waals surface area contributed by atoms with Crippen LogP contribution in [0.3, 0.4) is 0 Å². The Bertz CT molecular complexity index is 268. The van der Waals surface area contributed by atoms with Gasteiger partial charge in [-0.1, -0.05) is 12.8 Å². The van der Waals surface area contributed by atoms with Gasteiger partial charge in [-0.05, 0) is 52.7 Å². The van der Waals surface area contributed by atoms with Crippen molar-refractivity contribution in [2.24, 2.45) is 11.7 Å². The van der Waals surface area contributed by atoms with E-state index in [1.165, 1.54) is 12.8 Å². The molecule has 1 amide bonds. The van der Waals surface area contributed by atoms with Crippen molar-refractivity contribution >= 4 is 5.91 Å². The number of carbonyl (C=O) groups excluding carboxylic acids is 1. The monoisotopic (exact) mass is 269 g/mol. The second kappa shape index (κ2) is 8.54. The zero-order chi connectivity index (χ0) is 14.3. The Labute approximate surface area is 118 Å². The number of amides is 1. The summed E-state index contributed by atoms with van der Waals surface area (Å²) >= 11 is 0. The van der Waals surface area contributed by atoms with Gasteiger partial charge in [-0.25, -0.2) is 0 Å². The molecule has 4 heteroatoms. The van der Waals surface area contributed by atoms with Gasteiger partial charge in [0, 0.05) is 25.6 Å². The van der Waals surface area contributed by atoms with Crippen LogP contribution in [0.1, 0.15) is 45.4 Å². The van der Waals surface area contributed by atoms with E-state index in [0.717, 1.165) is 38.9 Å². The van der Waals surface area contributed by atoms with Crippen LogP contribution in [0.25, 0.3) is 0 Å². The van der Waals surface area contributed by atoms with E-state index in [2.05, 4.69) is 25.9 Å². The molecule has 1 aliphatic carbocycles. The lowest BCUT2D eigenvalue weighted by Crippen LogP contribution is -2.39. The largest absolute Gasteiger partial charge is 0.343 e. The Hall–Kier alpha value is -0.610. The van der Waals surface area contributed by atoms with Gasteiger partial charge in [0.1, 0.15) is 0 Å². The smallest absolute Gasteiger partial charge is 0.222 e. The summed E-state index contributed by atoms with van der Waals surface area (Å²) < 4.78 is 0. The maximum absolute atomic E-state index is 12.3. The van der Waals surface area contributed by atoms with E-state index in [1.54, 1.807) is 0 Å². The van der Waals surface area contributed by atoms with E-state index >= 15 is 0 Å². The van der Waals surface area contributed by atoms with Gasteiger partial charge in [0.05, 0.1) is 0 Å². The summed E-state index contributed by atoms with van der Waals surface area (Å²) in [5.74, 6) is 0.702. The molecule has 0 saturated heterocycles. The van der Waals surface area contributed by atoms with Gasteiger partial charge in [-0.15, -0.1) is 0 Å². The molecule has 112 valence electrons. The van der Waals surface area contributed by atoms with Gasteiger partial charge in [-0.2, -0.15) is 0 Å². The molecule has 1 fully saturated rings. The van der Waals surface area contributed by atoms with Gasteiger partial charge in [0.2, 0.25) is 5.91 Å². The molecule has 0 aromatic carbocycles. The molecule has 4 nitrogen and oxygen atoms in total. The highest BCUT2D eigenvalue weighted by Crippen LogP contribution is 2.26. The van der Waals surface area contributed by atoms with E-state index in [-0.39, 0.29) is 6.04 Å². The van der Waals surface area contributed by atoms with E-state index in [1.807, 2.05) is 4.90 Å². The summed E-state index contributed by atoms with van der Waals surface area (Å²) in [6.45, 7) is 4.78. The highest BCUT2D eigenvalue weighted by molar-refractivity contribution is 5.76. The molecule has 2 atom stereocenters. The molecule has 0 bridgehead atoms. The van der Waals surface area contributed by atoms with Gasteiger partial charge in [-0.3, -0.25) is 4.79 Å². The number of rotatable bonds is 7. The molecular weight excluding hydrogens is 238 g/mol. The van der Waals surface area contributed by atoms with Crippen molar-refractivity contribution in [2.75, 3.05) is 33.7 Å².